The van der Waals surface area contributed by atoms with Crippen LogP contribution < -0.4 is 9.80 Å². The highest BCUT2D eigenvalue weighted by molar-refractivity contribution is 6.64. The summed E-state index contributed by atoms with van der Waals surface area (Å²) in [5.41, 5.74) is 3.35. The summed E-state index contributed by atoms with van der Waals surface area (Å²) >= 11 is 5.56. The molecular weight excluding hydrogens is 374 g/mol. The Morgan fingerprint density at radius 1 is 0.929 bits per heavy atom. The molecule has 0 spiro atoms. The fraction of sp³-hybridized carbons (Fsp3) is 0.364. The third-order valence-corrected chi connectivity index (χ3v) is 5.90. The Bertz CT molecular complexity index is 833. The van der Waals surface area contributed by atoms with Gasteiger partial charge in [0.2, 0.25) is 11.1 Å². The first kappa shape index (κ1) is 19.0. The molecule has 0 saturated carbocycles. The van der Waals surface area contributed by atoms with Crippen molar-refractivity contribution in [2.75, 3.05) is 42.5 Å². The molecular formula is C22H24ClN3O2. The zero-order chi connectivity index (χ0) is 19.5. The Balaban J connectivity index is 1.34. The number of halogens is 1. The van der Waals surface area contributed by atoms with Gasteiger partial charge >= 0.3 is 0 Å². The van der Waals surface area contributed by atoms with Crippen LogP contribution in [0.3, 0.4) is 0 Å². The van der Waals surface area contributed by atoms with Gasteiger partial charge in [-0.1, -0.05) is 30.3 Å². The second-order valence-electron chi connectivity index (χ2n) is 7.47. The van der Waals surface area contributed by atoms with E-state index in [1.54, 1.807) is 4.90 Å². The van der Waals surface area contributed by atoms with Crippen molar-refractivity contribution in [1.29, 1.82) is 0 Å². The molecule has 28 heavy (non-hydrogen) atoms. The fourth-order valence-corrected chi connectivity index (χ4v) is 4.10. The average molecular weight is 398 g/mol. The van der Waals surface area contributed by atoms with Gasteiger partial charge in [-0.25, -0.2) is 0 Å². The summed E-state index contributed by atoms with van der Waals surface area (Å²) in [6.07, 6.45) is 0.202. The van der Waals surface area contributed by atoms with Crippen LogP contribution in [0.2, 0.25) is 0 Å². The summed E-state index contributed by atoms with van der Waals surface area (Å²) in [6, 6.07) is 18.6. The Kier molecular flexibility index (Phi) is 5.64. The van der Waals surface area contributed by atoms with Gasteiger partial charge in [0.15, 0.2) is 0 Å². The molecule has 6 heteroatoms. The van der Waals surface area contributed by atoms with Crippen LogP contribution in [0.15, 0.2) is 54.6 Å². The number of piperazine rings is 1. The highest BCUT2D eigenvalue weighted by Crippen LogP contribution is 2.28. The minimum atomic E-state index is -0.430. The Hall–Kier alpha value is -2.37. The normalized spacial score (nSPS) is 20.6. The highest BCUT2D eigenvalue weighted by Gasteiger charge is 2.34. The van der Waals surface area contributed by atoms with E-state index in [1.165, 1.54) is 11.3 Å². The van der Waals surface area contributed by atoms with Crippen molar-refractivity contribution in [3.63, 3.8) is 0 Å². The molecule has 2 heterocycles. The van der Waals surface area contributed by atoms with Crippen molar-refractivity contribution in [1.82, 2.24) is 4.90 Å². The van der Waals surface area contributed by atoms with Gasteiger partial charge in [0.25, 0.3) is 0 Å². The SMILES string of the molecule is O=C(Cl)[C@@H]1CC(=O)N(c2ccc(N3CCN(Cc4ccccc4)CC3)cc2)C1. The van der Waals surface area contributed by atoms with Gasteiger partial charge in [-0.05, 0) is 41.4 Å². The summed E-state index contributed by atoms with van der Waals surface area (Å²) < 4.78 is 0. The van der Waals surface area contributed by atoms with Gasteiger partial charge in [-0.15, -0.1) is 0 Å². The Morgan fingerprint density at radius 3 is 2.18 bits per heavy atom. The number of benzene rings is 2. The third kappa shape index (κ3) is 4.21. The molecule has 1 amide bonds. The lowest BCUT2D eigenvalue weighted by molar-refractivity contribution is -0.120. The molecule has 2 aliphatic rings. The summed E-state index contributed by atoms with van der Waals surface area (Å²) in [5, 5.41) is -0.430. The standard InChI is InChI=1S/C22H24ClN3O2/c23-22(28)18-14-21(27)26(16-18)20-8-6-19(7-9-20)25-12-10-24(11-13-25)15-17-4-2-1-3-5-17/h1-9,18H,10-16H2/t18-/m1/s1. The third-order valence-electron chi connectivity index (χ3n) is 5.59. The van der Waals surface area contributed by atoms with E-state index in [0.717, 1.165) is 38.4 Å². The predicted molar refractivity (Wildman–Crippen MR) is 112 cm³/mol. The van der Waals surface area contributed by atoms with Crippen LogP contribution in [-0.2, 0) is 16.1 Å². The van der Waals surface area contributed by atoms with Crippen molar-refractivity contribution >= 4 is 34.1 Å². The van der Waals surface area contributed by atoms with E-state index in [4.69, 9.17) is 11.6 Å². The molecule has 0 aromatic heterocycles. The second-order valence-corrected chi connectivity index (χ2v) is 7.85. The first-order valence-electron chi connectivity index (χ1n) is 9.71. The first-order chi connectivity index (χ1) is 13.6. The first-order valence-corrected chi connectivity index (χ1v) is 10.1. The topological polar surface area (TPSA) is 43.9 Å². The molecule has 0 aliphatic carbocycles. The van der Waals surface area contributed by atoms with E-state index in [-0.39, 0.29) is 12.3 Å². The van der Waals surface area contributed by atoms with Gasteiger partial charge in [0.1, 0.15) is 0 Å². The highest BCUT2D eigenvalue weighted by atomic mass is 35.5. The number of hydrogen-bond donors (Lipinski definition) is 0. The molecule has 2 saturated heterocycles. The molecule has 146 valence electrons. The second kappa shape index (κ2) is 8.33. The fourth-order valence-electron chi connectivity index (χ4n) is 3.96. The quantitative estimate of drug-likeness (QED) is 0.727. The monoisotopic (exact) mass is 397 g/mol. The maximum absolute atomic E-state index is 12.2. The van der Waals surface area contributed by atoms with E-state index in [0.29, 0.717) is 6.54 Å². The van der Waals surface area contributed by atoms with E-state index in [1.807, 2.05) is 12.1 Å². The molecule has 5 nitrogen and oxygen atoms in total. The predicted octanol–water partition coefficient (Wildman–Crippen LogP) is 3.13. The molecule has 4 rings (SSSR count). The van der Waals surface area contributed by atoms with Crippen molar-refractivity contribution in [3.8, 4) is 0 Å². The Labute approximate surface area is 170 Å². The minimum Gasteiger partial charge on any atom is -0.369 e. The zero-order valence-electron chi connectivity index (χ0n) is 15.8. The van der Waals surface area contributed by atoms with Crippen LogP contribution in [0.1, 0.15) is 12.0 Å². The molecule has 0 bridgehead atoms. The van der Waals surface area contributed by atoms with Crippen LogP contribution in [0.5, 0.6) is 0 Å². The smallest absolute Gasteiger partial charge is 0.227 e. The van der Waals surface area contributed by atoms with Gasteiger partial charge in [-0.3, -0.25) is 14.5 Å². The summed E-state index contributed by atoms with van der Waals surface area (Å²) in [6.45, 7) is 5.39. The summed E-state index contributed by atoms with van der Waals surface area (Å²) in [5.74, 6) is -0.437. The van der Waals surface area contributed by atoms with E-state index < -0.39 is 11.2 Å². The lowest BCUT2D eigenvalue weighted by Gasteiger charge is -2.36. The van der Waals surface area contributed by atoms with Crippen LogP contribution in [0.25, 0.3) is 0 Å². The molecule has 2 fully saturated rings. The number of nitrogens with zero attached hydrogens (tertiary/aromatic N) is 3. The van der Waals surface area contributed by atoms with Gasteiger partial charge < -0.3 is 9.80 Å². The van der Waals surface area contributed by atoms with Crippen molar-refractivity contribution in [2.45, 2.75) is 13.0 Å². The number of hydrogen-bond acceptors (Lipinski definition) is 4. The van der Waals surface area contributed by atoms with Crippen LogP contribution in [0, 0.1) is 5.92 Å². The van der Waals surface area contributed by atoms with Crippen molar-refractivity contribution in [3.05, 3.63) is 60.2 Å². The van der Waals surface area contributed by atoms with Crippen molar-refractivity contribution in [2.24, 2.45) is 5.92 Å². The molecule has 0 N–H and O–H groups in total. The minimum absolute atomic E-state index is 0.0405. The zero-order valence-corrected chi connectivity index (χ0v) is 16.5. The molecule has 0 radical (unpaired) electrons. The van der Waals surface area contributed by atoms with Crippen LogP contribution in [-0.4, -0.2) is 48.8 Å². The van der Waals surface area contributed by atoms with E-state index >= 15 is 0 Å². The molecule has 2 aliphatic heterocycles. The van der Waals surface area contributed by atoms with Crippen molar-refractivity contribution < 1.29 is 9.59 Å². The number of amides is 1. The van der Waals surface area contributed by atoms with Gasteiger partial charge in [-0.2, -0.15) is 0 Å². The maximum atomic E-state index is 12.2. The number of anilines is 2. The number of rotatable bonds is 5. The Morgan fingerprint density at radius 2 is 1.57 bits per heavy atom. The molecule has 2 aromatic rings. The number of carbonyl (C=O) groups excluding carboxylic acids is 2. The maximum Gasteiger partial charge on any atom is 0.227 e. The van der Waals surface area contributed by atoms with Gasteiger partial charge in [0, 0.05) is 57.1 Å². The molecule has 0 unspecified atom stereocenters. The lowest BCUT2D eigenvalue weighted by atomic mass is 10.1. The average Bonchev–Trinajstić information content (AvgIpc) is 3.12. The van der Waals surface area contributed by atoms with E-state index in [2.05, 4.69) is 52.3 Å². The lowest BCUT2D eigenvalue weighted by Crippen LogP contribution is -2.45. The number of carbonyl (C=O) groups is 2. The van der Waals surface area contributed by atoms with Gasteiger partial charge in [0.05, 0.1) is 5.92 Å². The van der Waals surface area contributed by atoms with Crippen LogP contribution in [0.4, 0.5) is 11.4 Å². The molecule has 1 atom stereocenters. The largest absolute Gasteiger partial charge is 0.369 e. The van der Waals surface area contributed by atoms with E-state index in [9.17, 15) is 9.59 Å². The summed E-state index contributed by atoms with van der Waals surface area (Å²) in [4.78, 5) is 30.0. The van der Waals surface area contributed by atoms with Crippen LogP contribution >= 0.6 is 11.6 Å². The molecule has 2 aromatic carbocycles. The summed E-state index contributed by atoms with van der Waals surface area (Å²) in [7, 11) is 0.